The molecule has 4 aromatic carbocycles. The number of benzene rings is 4. The number of carbonyl (C=O) groups is 8. The number of nitrogens with two attached hydrogens (primary N) is 1. The Kier molecular flexibility index (Phi) is 50.3. The molecule has 4 aromatic rings. The quantitative estimate of drug-likeness (QED) is 0.0375. The number of fused-ring (bicyclic) bond motifs is 8. The number of hydrogen-bond acceptors (Lipinski definition) is 15. The van der Waals surface area contributed by atoms with Crippen molar-refractivity contribution in [1.82, 2.24) is 29.8 Å². The number of rotatable bonds is 10. The molecule has 0 unspecified atom stereocenters. The maximum Gasteiger partial charge on any atom is 0.410 e. The van der Waals surface area contributed by atoms with Gasteiger partial charge in [-0.15, -0.1) is 25.2 Å². The predicted octanol–water partition coefficient (Wildman–Crippen LogP) is 18.4. The standard InChI is InChI=1S/C24H36N2O4.C23H32N2O3.C19H28N2O2.C19H25NO.C5H8O3.C3H4.C2H2.2CH4.B3.4H2S/c1-23(2,3)30-22(28)26-16-13-24(14-17-26)12-11-20(18-8-5-6-9-19(18)24)25-15-7-10-21(27)29-4;1-22(2,3)28-21(27)24-15-12-23(13-16-24)11-10-19(25-14-6-9-20(25)26)17-7-4-5-8-18(17)23;1-18(2,3)23-17(22)21-12-10-19(11-13-21)9-8-16(20)14-6-4-5-7-15(14)19;21-18-9-6-14-20(18)17-10-13-19(11-4-1-5-12-19)16-8-3-2-7-15(16)17;1-8-5(7)3-2-4-6;1-3-2;1-2;;;1-3-2;;;;/h5-6,8-9,20,25H,7,10-17H2,1-4H3;4-5,7-8,19H,6,9-16H2,1-3H3;4-7,16H,8-13,20H2,1-3H3;2-3,7-8,17H,1,4-6,9-14H2;4H,2-3H2,1H3;1H,2H3;1-2H;2*1H4;;4*1H2/t20-;19-;16-;17-;;;;;;;;;;/m0000........../s1. The minimum Gasteiger partial charge on any atom is -0.469 e. The van der Waals surface area contributed by atoms with Crippen LogP contribution in [0.4, 0.5) is 14.4 Å². The van der Waals surface area contributed by atoms with Gasteiger partial charge in [-0.3, -0.25) is 19.2 Å². The van der Waals surface area contributed by atoms with E-state index in [1.165, 1.54) is 98.1 Å². The molecule has 5 aliphatic carbocycles. The van der Waals surface area contributed by atoms with Crippen LogP contribution in [0.5, 0.6) is 0 Å². The van der Waals surface area contributed by atoms with Crippen LogP contribution < -0.4 is 11.1 Å². The van der Waals surface area contributed by atoms with Crippen LogP contribution in [0.2, 0.25) is 0 Å². The summed E-state index contributed by atoms with van der Waals surface area (Å²) in [6.07, 6.45) is 39.4. The molecule has 5 aliphatic heterocycles. The number of aldehydes is 1. The zero-order chi connectivity index (χ0) is 86.5. The first-order valence-corrected chi connectivity index (χ1v) is 43.2. The van der Waals surface area contributed by atoms with Gasteiger partial charge in [-0.05, 0) is 264 Å². The third kappa shape index (κ3) is 31.7. The Morgan fingerprint density at radius 2 is 0.790 bits per heavy atom. The second kappa shape index (κ2) is 54.3. The first-order valence-electron chi connectivity index (χ1n) is 43.2. The molecule has 1 saturated carbocycles. The van der Waals surface area contributed by atoms with Crippen molar-refractivity contribution in [2.45, 2.75) is 320 Å². The molecule has 5 heterocycles. The maximum atomic E-state index is 12.5. The van der Waals surface area contributed by atoms with Crippen LogP contribution in [0, 0.1) is 25.2 Å². The van der Waals surface area contributed by atoms with Gasteiger partial charge in [-0.1, -0.05) is 131 Å². The zero-order valence-corrected chi connectivity index (χ0v) is 79.2. The fourth-order valence-electron chi connectivity index (χ4n) is 19.4. The second-order valence-electron chi connectivity index (χ2n) is 36.1. The molecule has 14 rings (SSSR count). The van der Waals surface area contributed by atoms with Crippen LogP contribution >= 0.6 is 54.0 Å². The van der Waals surface area contributed by atoms with Crippen LogP contribution in [0.3, 0.4) is 0 Å². The number of nitrogens with zero attached hydrogens (tertiary/aromatic N) is 5. The number of esters is 2. The van der Waals surface area contributed by atoms with E-state index in [1.54, 1.807) is 12.5 Å². The lowest BCUT2D eigenvalue weighted by molar-refractivity contribution is -0.141. The highest BCUT2D eigenvalue weighted by molar-refractivity contribution is 7.59. The molecule has 0 bridgehead atoms. The number of piperidine rings is 3. The Morgan fingerprint density at radius 1 is 0.484 bits per heavy atom. The zero-order valence-electron chi connectivity index (χ0n) is 75.2. The highest BCUT2D eigenvalue weighted by Gasteiger charge is 2.49. The van der Waals surface area contributed by atoms with Gasteiger partial charge in [0, 0.05) is 113 Å². The molecule has 20 nitrogen and oxygen atoms in total. The molecular formula is C97H151B3N7O13S4. The minimum atomic E-state index is -0.462. The van der Waals surface area contributed by atoms with E-state index < -0.39 is 16.8 Å². The van der Waals surface area contributed by atoms with E-state index >= 15 is 0 Å². The Hall–Kier alpha value is -7.13. The van der Waals surface area contributed by atoms with E-state index in [0.717, 1.165) is 169 Å². The third-order valence-electron chi connectivity index (χ3n) is 25.0. The van der Waals surface area contributed by atoms with Gasteiger partial charge in [-0.2, -0.15) is 54.0 Å². The number of hydrogen-bond donors (Lipinski definition) is 2. The summed E-state index contributed by atoms with van der Waals surface area (Å²) in [5, 5.41) is 3.64. The van der Waals surface area contributed by atoms with Gasteiger partial charge in [0.05, 0.1) is 32.7 Å². The van der Waals surface area contributed by atoms with Crippen molar-refractivity contribution < 1.29 is 62.0 Å². The Morgan fingerprint density at radius 3 is 1.13 bits per heavy atom. The number of methoxy groups -OCH3 is 2. The lowest BCUT2D eigenvalue weighted by Gasteiger charge is -2.48. The summed E-state index contributed by atoms with van der Waals surface area (Å²) in [5.74, 6) is 2.43. The molecule has 5 radical (unpaired) electrons. The van der Waals surface area contributed by atoms with Crippen molar-refractivity contribution in [3.63, 3.8) is 0 Å². The number of amides is 5. The van der Waals surface area contributed by atoms with Crippen molar-refractivity contribution in [2.75, 3.05) is 73.1 Å². The number of terminal acetylenes is 2. The van der Waals surface area contributed by atoms with E-state index in [9.17, 15) is 38.4 Å². The van der Waals surface area contributed by atoms with Crippen LogP contribution in [0.1, 0.15) is 326 Å². The molecule has 3 N–H and O–H groups in total. The topological polar surface area (TPSA) is 237 Å². The summed E-state index contributed by atoms with van der Waals surface area (Å²) < 4.78 is 25.6. The molecule has 10 aliphatic rings. The van der Waals surface area contributed by atoms with E-state index in [4.69, 9.17) is 24.7 Å². The number of likely N-dealkylation sites (tertiary alicyclic amines) is 5. The SMILES string of the molecule is C.C.C#C.C#CC.CC(C)(C)OC(=O)N1CCC2(CC[C@H](N)c3ccccc32)CC1.CC(C)(C)OC(=O)N1CCC2(CC[C@H](N3CCCC3=O)c3ccccc32)CC1.COC(=O)CCC=O.COC(=O)CCCN[C@H]1CCC2(CCN(C(=O)OC(C)(C)C)CC2)c2ccccc21.O=C1CCCN1[C@H]1CCC2(CCCCC2)c2ccccc21.S.S.S.S.[B][B][B]. The van der Waals surface area contributed by atoms with Gasteiger partial charge < -0.3 is 64.0 Å². The maximum absolute atomic E-state index is 12.5. The highest BCUT2D eigenvalue weighted by atomic mass is 32.1. The van der Waals surface area contributed by atoms with Crippen LogP contribution in [-0.4, -0.2) is 185 Å². The summed E-state index contributed by atoms with van der Waals surface area (Å²) in [7, 11) is 12.7. The molecule has 124 heavy (non-hydrogen) atoms. The molecule has 685 valence electrons. The van der Waals surface area contributed by atoms with E-state index in [-0.39, 0.29) is 140 Å². The smallest absolute Gasteiger partial charge is 0.410 e. The average molecular weight is 1780 g/mol. The molecule has 5 saturated heterocycles. The van der Waals surface area contributed by atoms with Crippen molar-refractivity contribution >= 4 is 125 Å². The van der Waals surface area contributed by atoms with Gasteiger partial charge in [0.2, 0.25) is 11.8 Å². The Labute approximate surface area is 777 Å². The summed E-state index contributed by atoms with van der Waals surface area (Å²) >= 11 is 0. The normalized spacial score (nSPS) is 20.3. The summed E-state index contributed by atoms with van der Waals surface area (Å²) in [5.41, 5.74) is 17.1. The first-order chi connectivity index (χ1) is 56.3. The fourth-order valence-corrected chi connectivity index (χ4v) is 19.4. The molecule has 4 spiro atoms. The summed E-state index contributed by atoms with van der Waals surface area (Å²) in [4.78, 5) is 103. The van der Waals surface area contributed by atoms with Crippen molar-refractivity contribution in [3.05, 3.63) is 142 Å². The summed E-state index contributed by atoms with van der Waals surface area (Å²) in [6.45, 7) is 26.0. The van der Waals surface area contributed by atoms with Crippen molar-refractivity contribution in [1.29, 1.82) is 0 Å². The van der Waals surface area contributed by atoms with Crippen molar-refractivity contribution in [2.24, 2.45) is 5.73 Å². The van der Waals surface area contributed by atoms with Crippen LogP contribution in [0.15, 0.2) is 97.1 Å². The first kappa shape index (κ1) is 115. The van der Waals surface area contributed by atoms with Gasteiger partial charge in [-0.25, -0.2) is 14.4 Å². The van der Waals surface area contributed by atoms with Gasteiger partial charge in [0.15, 0.2) is 0 Å². The number of nitrogens with one attached hydrogen (secondary N) is 1. The minimum absolute atomic E-state index is 0. The monoisotopic (exact) mass is 1780 g/mol. The fraction of sp³-hybridized carbons (Fsp3) is 0.629. The molecule has 6 fully saturated rings. The lowest BCUT2D eigenvalue weighted by Crippen LogP contribution is -2.49. The third-order valence-corrected chi connectivity index (χ3v) is 25.0. The van der Waals surface area contributed by atoms with E-state index in [1.807, 2.05) is 77.0 Å². The van der Waals surface area contributed by atoms with Gasteiger partial charge in [0.1, 0.15) is 23.1 Å². The van der Waals surface area contributed by atoms with E-state index in [0.29, 0.717) is 48.4 Å². The van der Waals surface area contributed by atoms with Crippen LogP contribution in [0.25, 0.3) is 0 Å². The lowest BCUT2D eigenvalue weighted by atomic mass is 9.40. The highest BCUT2D eigenvalue weighted by Crippen LogP contribution is 2.54. The Bertz CT molecular complexity index is 4010. The largest absolute Gasteiger partial charge is 0.469 e. The second-order valence-corrected chi connectivity index (χ2v) is 36.1. The number of carbonyl (C=O) groups excluding carboxylic acids is 8. The van der Waals surface area contributed by atoms with Gasteiger partial charge in [0.25, 0.3) is 0 Å². The number of ether oxygens (including phenoxy) is 5. The van der Waals surface area contributed by atoms with E-state index in [2.05, 4.69) is 158 Å². The Balaban J connectivity index is 0.000000772. The van der Waals surface area contributed by atoms with Gasteiger partial charge >= 0.3 is 30.2 Å². The average Bonchev–Trinajstić information content (AvgIpc) is 1.06. The molecular weight excluding hydrogens is 1630 g/mol. The molecule has 5 amide bonds. The molecule has 0 aromatic heterocycles. The molecule has 4 atom stereocenters. The van der Waals surface area contributed by atoms with Crippen molar-refractivity contribution in [3.8, 4) is 25.2 Å². The predicted molar refractivity (Wildman–Crippen MR) is 524 cm³/mol. The summed E-state index contributed by atoms with van der Waals surface area (Å²) in [6, 6.07) is 36.1. The molecule has 27 heteroatoms. The van der Waals surface area contributed by atoms with Crippen LogP contribution in [-0.2, 0) is 69.3 Å².